The second-order valence-corrected chi connectivity index (χ2v) is 5.25. The maximum Gasteiger partial charge on any atom is 0.306 e. The van der Waals surface area contributed by atoms with Crippen LogP contribution in [0, 0.1) is 5.41 Å². The van der Waals surface area contributed by atoms with Crippen molar-refractivity contribution in [3.05, 3.63) is 12.2 Å². The van der Waals surface area contributed by atoms with Gasteiger partial charge in [-0.2, -0.15) is 0 Å². The highest BCUT2D eigenvalue weighted by Gasteiger charge is 2.42. The fourth-order valence-electron chi connectivity index (χ4n) is 2.68. The molecule has 0 heterocycles. The molecule has 0 amide bonds. The van der Waals surface area contributed by atoms with Crippen LogP contribution in [0.2, 0.25) is 0 Å². The van der Waals surface area contributed by atoms with Crippen LogP contribution in [-0.2, 0) is 9.53 Å². The summed E-state index contributed by atoms with van der Waals surface area (Å²) in [6.45, 7) is 4.55. The summed E-state index contributed by atoms with van der Waals surface area (Å²) in [5.41, 5.74) is -0.281. The van der Waals surface area contributed by atoms with Gasteiger partial charge < -0.3 is 9.84 Å². The SMILES string of the molecule is CC/C=C\CC1(CC(=O)OCCC)CCCC1O. The highest BCUT2D eigenvalue weighted by atomic mass is 16.5. The van der Waals surface area contributed by atoms with E-state index in [1.165, 1.54) is 0 Å². The summed E-state index contributed by atoms with van der Waals surface area (Å²) in [6, 6.07) is 0. The third-order valence-corrected chi connectivity index (χ3v) is 3.75. The maximum atomic E-state index is 11.8. The third-order valence-electron chi connectivity index (χ3n) is 3.75. The molecule has 2 atom stereocenters. The first kappa shape index (κ1) is 15.2. The van der Waals surface area contributed by atoms with E-state index in [-0.39, 0.29) is 17.5 Å². The van der Waals surface area contributed by atoms with Gasteiger partial charge in [-0.1, -0.05) is 32.4 Å². The summed E-state index contributed by atoms with van der Waals surface area (Å²) >= 11 is 0. The molecular formula is C15H26O3. The first-order chi connectivity index (χ1) is 8.64. The molecule has 0 saturated heterocycles. The molecule has 0 bridgehead atoms. The second-order valence-electron chi connectivity index (χ2n) is 5.25. The topological polar surface area (TPSA) is 46.5 Å². The number of hydrogen-bond acceptors (Lipinski definition) is 3. The van der Waals surface area contributed by atoms with E-state index in [1.54, 1.807) is 0 Å². The lowest BCUT2D eigenvalue weighted by Gasteiger charge is -2.30. The van der Waals surface area contributed by atoms with Gasteiger partial charge in [0.15, 0.2) is 0 Å². The van der Waals surface area contributed by atoms with Crippen LogP contribution in [-0.4, -0.2) is 23.8 Å². The number of hydrogen-bond donors (Lipinski definition) is 1. The van der Waals surface area contributed by atoms with Gasteiger partial charge in [0.1, 0.15) is 0 Å². The minimum Gasteiger partial charge on any atom is -0.466 e. The zero-order chi connectivity index (χ0) is 13.4. The Hall–Kier alpha value is -0.830. The van der Waals surface area contributed by atoms with Crippen molar-refractivity contribution in [3.63, 3.8) is 0 Å². The van der Waals surface area contributed by atoms with Crippen molar-refractivity contribution in [2.45, 2.75) is 64.9 Å². The van der Waals surface area contributed by atoms with Crippen molar-refractivity contribution in [3.8, 4) is 0 Å². The van der Waals surface area contributed by atoms with Gasteiger partial charge in [0, 0.05) is 5.41 Å². The van der Waals surface area contributed by atoms with E-state index in [2.05, 4.69) is 19.1 Å². The fourth-order valence-corrected chi connectivity index (χ4v) is 2.68. The van der Waals surface area contributed by atoms with Crippen LogP contribution in [0.15, 0.2) is 12.2 Å². The van der Waals surface area contributed by atoms with Crippen LogP contribution in [0.1, 0.15) is 58.8 Å². The minimum absolute atomic E-state index is 0.164. The molecule has 0 aromatic carbocycles. The molecule has 1 saturated carbocycles. The highest BCUT2D eigenvalue weighted by Crippen LogP contribution is 2.44. The van der Waals surface area contributed by atoms with Crippen molar-refractivity contribution in [2.75, 3.05) is 6.61 Å². The molecule has 3 nitrogen and oxygen atoms in total. The van der Waals surface area contributed by atoms with E-state index in [1.807, 2.05) is 6.92 Å². The van der Waals surface area contributed by atoms with Gasteiger partial charge in [0.2, 0.25) is 0 Å². The monoisotopic (exact) mass is 254 g/mol. The highest BCUT2D eigenvalue weighted by molar-refractivity contribution is 5.70. The molecule has 1 aliphatic carbocycles. The standard InChI is InChI=1S/C15H26O3/c1-3-5-6-9-15(10-7-8-13(15)16)12-14(17)18-11-4-2/h5-6,13,16H,3-4,7-12H2,1-2H3/b6-5-. The maximum absolute atomic E-state index is 11.8. The Balaban J connectivity index is 2.60. The molecule has 0 aromatic rings. The lowest BCUT2D eigenvalue weighted by atomic mass is 9.77. The quantitative estimate of drug-likeness (QED) is 0.560. The molecule has 2 unspecified atom stereocenters. The van der Waals surface area contributed by atoms with Gasteiger partial charge in [-0.3, -0.25) is 4.79 Å². The second kappa shape index (κ2) is 7.57. The van der Waals surface area contributed by atoms with Crippen LogP contribution in [0.25, 0.3) is 0 Å². The van der Waals surface area contributed by atoms with Crippen LogP contribution in [0.4, 0.5) is 0 Å². The van der Waals surface area contributed by atoms with Crippen molar-refractivity contribution >= 4 is 5.97 Å². The predicted octanol–water partition coefficient (Wildman–Crippen LogP) is 3.22. The third kappa shape index (κ3) is 4.13. The first-order valence-corrected chi connectivity index (χ1v) is 7.13. The normalized spacial score (nSPS) is 27.8. The number of esters is 1. The lowest BCUT2D eigenvalue weighted by molar-refractivity contribution is -0.148. The number of carbonyl (C=O) groups excluding carboxylic acids is 1. The predicted molar refractivity (Wildman–Crippen MR) is 72.2 cm³/mol. The molecule has 1 aliphatic rings. The number of aliphatic hydroxyl groups excluding tert-OH is 1. The Morgan fingerprint density at radius 2 is 2.22 bits per heavy atom. The van der Waals surface area contributed by atoms with Gasteiger partial charge in [0.25, 0.3) is 0 Å². The van der Waals surface area contributed by atoms with Crippen LogP contribution < -0.4 is 0 Å². The van der Waals surface area contributed by atoms with E-state index in [0.717, 1.165) is 38.5 Å². The number of carbonyl (C=O) groups is 1. The largest absolute Gasteiger partial charge is 0.466 e. The summed E-state index contributed by atoms with van der Waals surface area (Å²) in [5.74, 6) is -0.164. The number of aliphatic hydroxyl groups is 1. The summed E-state index contributed by atoms with van der Waals surface area (Å²) in [5, 5.41) is 10.2. The summed E-state index contributed by atoms with van der Waals surface area (Å²) < 4.78 is 5.16. The zero-order valence-electron chi connectivity index (χ0n) is 11.7. The minimum atomic E-state index is -0.367. The lowest BCUT2D eigenvalue weighted by Crippen LogP contribution is -2.33. The Morgan fingerprint density at radius 3 is 2.78 bits per heavy atom. The average molecular weight is 254 g/mol. The van der Waals surface area contributed by atoms with E-state index >= 15 is 0 Å². The van der Waals surface area contributed by atoms with Gasteiger partial charge in [-0.15, -0.1) is 0 Å². The smallest absolute Gasteiger partial charge is 0.306 e. The summed E-state index contributed by atoms with van der Waals surface area (Å²) in [6.07, 6.45) is 9.53. The molecule has 1 fully saturated rings. The molecule has 104 valence electrons. The molecule has 0 spiro atoms. The molecule has 0 aliphatic heterocycles. The summed E-state index contributed by atoms with van der Waals surface area (Å²) in [4.78, 5) is 11.8. The van der Waals surface area contributed by atoms with Crippen molar-refractivity contribution < 1.29 is 14.6 Å². The molecule has 1 rings (SSSR count). The van der Waals surface area contributed by atoms with Crippen LogP contribution in [0.5, 0.6) is 0 Å². The Kier molecular flexibility index (Phi) is 6.41. The molecular weight excluding hydrogens is 228 g/mol. The van der Waals surface area contributed by atoms with Gasteiger partial charge >= 0.3 is 5.97 Å². The zero-order valence-corrected chi connectivity index (χ0v) is 11.7. The Labute approximate surface area is 110 Å². The molecule has 0 radical (unpaired) electrons. The van der Waals surface area contributed by atoms with Gasteiger partial charge in [-0.05, 0) is 32.1 Å². The van der Waals surface area contributed by atoms with Crippen LogP contribution in [0.3, 0.4) is 0 Å². The number of ether oxygens (including phenoxy) is 1. The first-order valence-electron chi connectivity index (χ1n) is 7.13. The van der Waals surface area contributed by atoms with Crippen LogP contribution >= 0.6 is 0 Å². The van der Waals surface area contributed by atoms with Gasteiger partial charge in [0.05, 0.1) is 19.1 Å². The average Bonchev–Trinajstić information content (AvgIpc) is 2.69. The fraction of sp³-hybridized carbons (Fsp3) is 0.800. The Morgan fingerprint density at radius 1 is 1.44 bits per heavy atom. The molecule has 18 heavy (non-hydrogen) atoms. The number of allylic oxidation sites excluding steroid dienone is 2. The number of rotatable bonds is 7. The van der Waals surface area contributed by atoms with Crippen molar-refractivity contribution in [1.82, 2.24) is 0 Å². The Bertz CT molecular complexity index is 285. The van der Waals surface area contributed by atoms with E-state index in [0.29, 0.717) is 13.0 Å². The van der Waals surface area contributed by atoms with E-state index in [4.69, 9.17) is 4.74 Å². The molecule has 1 N–H and O–H groups in total. The molecule has 0 aromatic heterocycles. The van der Waals surface area contributed by atoms with E-state index < -0.39 is 0 Å². The van der Waals surface area contributed by atoms with Crippen molar-refractivity contribution in [2.24, 2.45) is 5.41 Å². The van der Waals surface area contributed by atoms with E-state index in [9.17, 15) is 9.90 Å². The van der Waals surface area contributed by atoms with Crippen molar-refractivity contribution in [1.29, 1.82) is 0 Å². The summed E-state index contributed by atoms with van der Waals surface area (Å²) in [7, 11) is 0. The van der Waals surface area contributed by atoms with Gasteiger partial charge in [-0.25, -0.2) is 0 Å². The molecule has 3 heteroatoms.